The molecule has 4 aromatic carbocycles. The van der Waals surface area contributed by atoms with Gasteiger partial charge in [0.25, 0.3) is 0 Å². The predicted molar refractivity (Wildman–Crippen MR) is 133 cm³/mol. The van der Waals surface area contributed by atoms with Crippen molar-refractivity contribution in [1.29, 1.82) is 0 Å². The molecule has 33 heavy (non-hydrogen) atoms. The van der Waals surface area contributed by atoms with E-state index in [1.165, 1.54) is 0 Å². The van der Waals surface area contributed by atoms with Gasteiger partial charge in [-0.2, -0.15) is 0 Å². The smallest absolute Gasteiger partial charge is 0.340 e. The van der Waals surface area contributed by atoms with Gasteiger partial charge in [-0.1, -0.05) is 115 Å². The van der Waals surface area contributed by atoms with Crippen LogP contribution in [0.25, 0.3) is 0 Å². The van der Waals surface area contributed by atoms with Crippen LogP contribution in [0.5, 0.6) is 0 Å². The predicted octanol–water partition coefficient (Wildman–Crippen LogP) is 6.63. The first kappa shape index (κ1) is 21.9. The topological polar surface area (TPSA) is 26.3 Å². The summed E-state index contributed by atoms with van der Waals surface area (Å²) < 4.78 is 6.02. The van der Waals surface area contributed by atoms with Crippen LogP contribution in [0.3, 0.4) is 0 Å². The minimum atomic E-state index is -0.544. The van der Waals surface area contributed by atoms with Gasteiger partial charge in [-0.3, -0.25) is 0 Å². The summed E-state index contributed by atoms with van der Waals surface area (Å²) >= 11 is 0. The quantitative estimate of drug-likeness (QED) is 0.196. The third-order valence-electron chi connectivity index (χ3n) is 5.38. The molecule has 0 amide bonds. The lowest BCUT2D eigenvalue weighted by Crippen LogP contribution is -2.25. The zero-order chi connectivity index (χ0) is 22.9. The van der Waals surface area contributed by atoms with Crippen molar-refractivity contribution in [3.63, 3.8) is 0 Å². The van der Waals surface area contributed by atoms with E-state index < -0.39 is 12.1 Å². The molecule has 2 heteroatoms. The molecule has 2 nitrogen and oxygen atoms in total. The monoisotopic (exact) mass is 428 g/mol. The molecular weight excluding hydrogens is 404 g/mol. The standard InChI is InChI=1S/C31H24O2/c1-2-29(30(26-17-8-4-9-18-26)27-19-10-5-11-20-27)33-31(32)28-21-13-12-16-25(28)23-22-24-14-6-3-7-15-24/h2-21,29-30H,1H2. The number of hydrogen-bond donors (Lipinski definition) is 0. The Labute approximate surface area is 195 Å². The zero-order valence-corrected chi connectivity index (χ0v) is 18.2. The molecule has 0 saturated carbocycles. The van der Waals surface area contributed by atoms with Gasteiger partial charge in [0.2, 0.25) is 0 Å². The first-order valence-corrected chi connectivity index (χ1v) is 10.9. The van der Waals surface area contributed by atoms with Crippen molar-refractivity contribution in [2.24, 2.45) is 0 Å². The highest BCUT2D eigenvalue weighted by Gasteiger charge is 2.27. The molecule has 1 atom stereocenters. The second-order valence-electron chi connectivity index (χ2n) is 7.57. The number of carbonyl (C=O) groups is 1. The first-order valence-electron chi connectivity index (χ1n) is 10.9. The van der Waals surface area contributed by atoms with E-state index >= 15 is 0 Å². The second-order valence-corrected chi connectivity index (χ2v) is 7.57. The molecule has 0 spiro atoms. The third-order valence-corrected chi connectivity index (χ3v) is 5.38. The molecule has 0 N–H and O–H groups in total. The van der Waals surface area contributed by atoms with Gasteiger partial charge in [0, 0.05) is 17.0 Å². The highest BCUT2D eigenvalue weighted by atomic mass is 16.5. The highest BCUT2D eigenvalue weighted by molar-refractivity contribution is 5.92. The largest absolute Gasteiger partial charge is 0.453 e. The number of rotatable bonds is 6. The Morgan fingerprint density at radius 2 is 1.21 bits per heavy atom. The Kier molecular flexibility index (Phi) is 7.15. The molecule has 1 unspecified atom stereocenters. The van der Waals surface area contributed by atoms with Crippen molar-refractivity contribution in [2.75, 3.05) is 0 Å². The van der Waals surface area contributed by atoms with E-state index in [2.05, 4.69) is 18.4 Å². The summed E-state index contributed by atoms with van der Waals surface area (Å²) in [5, 5.41) is 0. The van der Waals surface area contributed by atoms with Crippen LogP contribution in [0.15, 0.2) is 128 Å². The van der Waals surface area contributed by atoms with Gasteiger partial charge >= 0.3 is 5.97 Å². The van der Waals surface area contributed by atoms with Crippen molar-refractivity contribution in [2.45, 2.75) is 12.0 Å². The molecule has 0 bridgehead atoms. The average molecular weight is 429 g/mol. The molecule has 0 radical (unpaired) electrons. The van der Waals surface area contributed by atoms with Crippen LogP contribution in [0.1, 0.15) is 38.5 Å². The summed E-state index contributed by atoms with van der Waals surface area (Å²) in [5.74, 6) is 5.65. The molecule has 0 saturated heterocycles. The fourth-order valence-corrected chi connectivity index (χ4v) is 3.76. The fraction of sp³-hybridized carbons (Fsp3) is 0.0645. The number of benzene rings is 4. The third kappa shape index (κ3) is 5.47. The number of esters is 1. The molecule has 4 rings (SSSR count). The molecule has 0 aliphatic rings. The van der Waals surface area contributed by atoms with Gasteiger partial charge in [-0.15, -0.1) is 0 Å². The van der Waals surface area contributed by atoms with Crippen LogP contribution in [0.2, 0.25) is 0 Å². The van der Waals surface area contributed by atoms with E-state index in [9.17, 15) is 4.79 Å². The number of hydrogen-bond acceptors (Lipinski definition) is 2. The van der Waals surface area contributed by atoms with Crippen LogP contribution in [0, 0.1) is 11.8 Å². The van der Waals surface area contributed by atoms with Gasteiger partial charge in [0.1, 0.15) is 6.10 Å². The molecule has 0 aliphatic heterocycles. The molecule has 0 heterocycles. The lowest BCUT2D eigenvalue weighted by molar-refractivity contribution is 0.0367. The molecule has 0 fully saturated rings. The summed E-state index contributed by atoms with van der Waals surface area (Å²) in [7, 11) is 0. The SMILES string of the molecule is C=CC(OC(=O)c1ccccc1C#Cc1ccccc1)C(c1ccccc1)c1ccccc1. The fourth-order valence-electron chi connectivity index (χ4n) is 3.76. The van der Waals surface area contributed by atoms with E-state index in [0.29, 0.717) is 11.1 Å². The minimum Gasteiger partial charge on any atom is -0.453 e. The van der Waals surface area contributed by atoms with E-state index in [0.717, 1.165) is 16.7 Å². The van der Waals surface area contributed by atoms with Gasteiger partial charge in [0.15, 0.2) is 0 Å². The van der Waals surface area contributed by atoms with Crippen LogP contribution in [0.4, 0.5) is 0 Å². The Morgan fingerprint density at radius 3 is 1.79 bits per heavy atom. The minimum absolute atomic E-state index is 0.170. The number of ether oxygens (including phenoxy) is 1. The van der Waals surface area contributed by atoms with Crippen molar-refractivity contribution >= 4 is 5.97 Å². The Balaban J connectivity index is 1.64. The maximum atomic E-state index is 13.3. The molecule has 160 valence electrons. The number of carbonyl (C=O) groups excluding carboxylic acids is 1. The van der Waals surface area contributed by atoms with Gasteiger partial charge in [0.05, 0.1) is 5.56 Å². The average Bonchev–Trinajstić information content (AvgIpc) is 2.89. The van der Waals surface area contributed by atoms with Gasteiger partial charge in [-0.05, 0) is 35.4 Å². The second kappa shape index (κ2) is 10.8. The van der Waals surface area contributed by atoms with E-state index in [1.807, 2.05) is 109 Å². The normalized spacial score (nSPS) is 11.2. The highest BCUT2D eigenvalue weighted by Crippen LogP contribution is 2.31. The summed E-state index contributed by atoms with van der Waals surface area (Å²) in [5.41, 5.74) is 4.06. The summed E-state index contributed by atoms with van der Waals surface area (Å²) in [6.45, 7) is 3.97. The molecule has 4 aromatic rings. The van der Waals surface area contributed by atoms with Crippen LogP contribution in [-0.2, 0) is 4.74 Å². The van der Waals surface area contributed by atoms with Crippen LogP contribution >= 0.6 is 0 Å². The molecule has 0 aromatic heterocycles. The van der Waals surface area contributed by atoms with Crippen molar-refractivity contribution in [3.05, 3.63) is 156 Å². The van der Waals surface area contributed by atoms with E-state index in [1.54, 1.807) is 12.1 Å². The zero-order valence-electron chi connectivity index (χ0n) is 18.2. The lowest BCUT2D eigenvalue weighted by atomic mass is 9.86. The summed E-state index contributed by atoms with van der Waals surface area (Å²) in [6.07, 6.45) is 1.15. The van der Waals surface area contributed by atoms with Crippen molar-refractivity contribution in [1.82, 2.24) is 0 Å². The molecule has 0 aliphatic carbocycles. The maximum absolute atomic E-state index is 13.3. The van der Waals surface area contributed by atoms with Crippen LogP contribution < -0.4 is 0 Å². The van der Waals surface area contributed by atoms with E-state index in [-0.39, 0.29) is 5.92 Å². The maximum Gasteiger partial charge on any atom is 0.340 e. The van der Waals surface area contributed by atoms with Crippen LogP contribution in [-0.4, -0.2) is 12.1 Å². The van der Waals surface area contributed by atoms with Crippen molar-refractivity contribution in [3.8, 4) is 11.8 Å². The van der Waals surface area contributed by atoms with Crippen molar-refractivity contribution < 1.29 is 9.53 Å². The van der Waals surface area contributed by atoms with Gasteiger partial charge < -0.3 is 4.74 Å². The summed E-state index contributed by atoms with van der Waals surface area (Å²) in [6, 6.07) is 37.0. The Bertz CT molecular complexity index is 1230. The van der Waals surface area contributed by atoms with E-state index in [4.69, 9.17) is 4.74 Å². The van der Waals surface area contributed by atoms with Gasteiger partial charge in [-0.25, -0.2) is 4.79 Å². The Hall–Kier alpha value is -4.35. The first-order chi connectivity index (χ1) is 16.3. The molecular formula is C31H24O2. The lowest BCUT2D eigenvalue weighted by Gasteiger charge is -2.26. The summed E-state index contributed by atoms with van der Waals surface area (Å²) in [4.78, 5) is 13.3. The Morgan fingerprint density at radius 1 is 0.697 bits per heavy atom.